The van der Waals surface area contributed by atoms with Crippen LogP contribution in [0.2, 0.25) is 0 Å². The smallest absolute Gasteiger partial charge is 0.358 e. The Hall–Kier alpha value is -4.15. The van der Waals surface area contributed by atoms with Gasteiger partial charge in [-0.15, -0.1) is 0 Å². The molecule has 0 fully saturated rings. The topological polar surface area (TPSA) is 83.9 Å². The molecular formula is C22H18F3N5O3. The standard InChI is InChI=1S/C22H18F3N5O3/c1-13-27-20(21(31)33-2)11-28(13)9-14-6-7-15(8-19(14)25)30-22(32)29(12-26-30)10-16-17(23)4-3-5-18(16)24/h3-8,11-12H,9-10H2,1-2H3. The number of imidazole rings is 1. The van der Waals surface area contributed by atoms with Crippen molar-refractivity contribution in [3.63, 3.8) is 0 Å². The molecule has 2 aromatic carbocycles. The Kier molecular flexibility index (Phi) is 5.86. The highest BCUT2D eigenvalue weighted by Crippen LogP contribution is 2.17. The Morgan fingerprint density at radius 1 is 1.03 bits per heavy atom. The van der Waals surface area contributed by atoms with Gasteiger partial charge in [0, 0.05) is 23.4 Å². The summed E-state index contributed by atoms with van der Waals surface area (Å²) < 4.78 is 50.8. The van der Waals surface area contributed by atoms with Crippen LogP contribution in [0.4, 0.5) is 13.2 Å². The number of methoxy groups -OCH3 is 1. The summed E-state index contributed by atoms with van der Waals surface area (Å²) in [4.78, 5) is 28.4. The quantitative estimate of drug-likeness (QED) is 0.416. The molecule has 2 heterocycles. The first-order chi connectivity index (χ1) is 15.8. The third-order valence-corrected chi connectivity index (χ3v) is 5.12. The molecule has 4 aromatic rings. The average Bonchev–Trinajstić information content (AvgIpc) is 3.34. The van der Waals surface area contributed by atoms with Crippen LogP contribution in [-0.2, 0) is 17.8 Å². The number of hydrogen-bond acceptors (Lipinski definition) is 5. The lowest BCUT2D eigenvalue weighted by Crippen LogP contribution is -2.24. The van der Waals surface area contributed by atoms with Crippen molar-refractivity contribution in [1.82, 2.24) is 23.9 Å². The molecule has 2 aromatic heterocycles. The second kappa shape index (κ2) is 8.77. The minimum Gasteiger partial charge on any atom is -0.464 e. The zero-order valence-electron chi connectivity index (χ0n) is 17.6. The minimum atomic E-state index is -0.782. The number of carbonyl (C=O) groups is 1. The van der Waals surface area contributed by atoms with Gasteiger partial charge in [-0.05, 0) is 25.1 Å². The summed E-state index contributed by atoms with van der Waals surface area (Å²) in [6.45, 7) is 1.40. The zero-order valence-corrected chi connectivity index (χ0v) is 17.6. The molecule has 0 aliphatic rings. The van der Waals surface area contributed by atoms with Crippen molar-refractivity contribution in [2.24, 2.45) is 0 Å². The molecule has 33 heavy (non-hydrogen) atoms. The second-order valence-corrected chi connectivity index (χ2v) is 7.22. The zero-order chi connectivity index (χ0) is 23.7. The number of rotatable bonds is 6. The first-order valence-electron chi connectivity index (χ1n) is 9.76. The second-order valence-electron chi connectivity index (χ2n) is 7.22. The van der Waals surface area contributed by atoms with E-state index in [0.29, 0.717) is 5.82 Å². The number of halogens is 3. The Morgan fingerprint density at radius 3 is 2.42 bits per heavy atom. The van der Waals surface area contributed by atoms with Crippen LogP contribution in [0.5, 0.6) is 0 Å². The first kappa shape index (κ1) is 22.1. The third kappa shape index (κ3) is 4.29. The molecule has 0 bridgehead atoms. The van der Waals surface area contributed by atoms with E-state index in [4.69, 9.17) is 0 Å². The molecule has 0 radical (unpaired) electrons. The highest BCUT2D eigenvalue weighted by Gasteiger charge is 2.16. The SMILES string of the molecule is COC(=O)c1cn(Cc2ccc(-n3ncn(Cc4c(F)cccc4F)c3=O)cc2F)c(C)n1. The fourth-order valence-corrected chi connectivity index (χ4v) is 3.32. The van der Waals surface area contributed by atoms with Gasteiger partial charge in [0.05, 0.1) is 25.9 Å². The molecule has 0 amide bonds. The molecule has 0 spiro atoms. The monoisotopic (exact) mass is 457 g/mol. The molecule has 0 N–H and O–H groups in total. The molecule has 0 aliphatic heterocycles. The maximum absolute atomic E-state index is 14.8. The van der Waals surface area contributed by atoms with Gasteiger partial charge in [-0.2, -0.15) is 9.78 Å². The Labute approximate surface area is 185 Å². The van der Waals surface area contributed by atoms with E-state index < -0.39 is 29.1 Å². The van der Waals surface area contributed by atoms with E-state index in [-0.39, 0.29) is 35.6 Å². The van der Waals surface area contributed by atoms with E-state index in [0.717, 1.165) is 33.8 Å². The van der Waals surface area contributed by atoms with Gasteiger partial charge in [0.1, 0.15) is 29.6 Å². The lowest BCUT2D eigenvalue weighted by Gasteiger charge is -2.08. The Bertz CT molecular complexity index is 1390. The summed E-state index contributed by atoms with van der Waals surface area (Å²) in [5, 5.41) is 3.93. The Morgan fingerprint density at radius 2 is 1.76 bits per heavy atom. The number of carbonyl (C=O) groups excluding carboxylic acids is 1. The summed E-state index contributed by atoms with van der Waals surface area (Å²) in [6, 6.07) is 7.52. The lowest BCUT2D eigenvalue weighted by atomic mass is 10.2. The van der Waals surface area contributed by atoms with Gasteiger partial charge in [0.25, 0.3) is 0 Å². The molecule has 0 atom stereocenters. The maximum atomic E-state index is 14.8. The van der Waals surface area contributed by atoms with E-state index in [1.165, 1.54) is 31.5 Å². The predicted molar refractivity (Wildman–Crippen MR) is 111 cm³/mol. The van der Waals surface area contributed by atoms with Crippen molar-refractivity contribution in [1.29, 1.82) is 0 Å². The van der Waals surface area contributed by atoms with E-state index in [1.807, 2.05) is 0 Å². The van der Waals surface area contributed by atoms with Crippen molar-refractivity contribution in [2.45, 2.75) is 20.0 Å². The van der Waals surface area contributed by atoms with Crippen molar-refractivity contribution >= 4 is 5.97 Å². The van der Waals surface area contributed by atoms with Crippen LogP contribution >= 0.6 is 0 Å². The largest absolute Gasteiger partial charge is 0.464 e. The highest BCUT2D eigenvalue weighted by atomic mass is 19.1. The number of hydrogen-bond donors (Lipinski definition) is 0. The summed E-state index contributed by atoms with van der Waals surface area (Å²) in [5.74, 6) is -2.28. The summed E-state index contributed by atoms with van der Waals surface area (Å²) in [6.07, 6.45) is 2.59. The van der Waals surface area contributed by atoms with Crippen LogP contribution in [0.25, 0.3) is 5.69 Å². The molecule has 0 saturated carbocycles. The van der Waals surface area contributed by atoms with Crippen molar-refractivity contribution in [3.05, 3.63) is 99.5 Å². The van der Waals surface area contributed by atoms with Gasteiger partial charge >= 0.3 is 11.7 Å². The van der Waals surface area contributed by atoms with Crippen LogP contribution in [0.3, 0.4) is 0 Å². The van der Waals surface area contributed by atoms with Crippen molar-refractivity contribution in [2.75, 3.05) is 7.11 Å². The third-order valence-electron chi connectivity index (χ3n) is 5.12. The number of aryl methyl sites for hydroxylation is 1. The van der Waals surface area contributed by atoms with Crippen molar-refractivity contribution < 1.29 is 22.7 Å². The molecule has 170 valence electrons. The fraction of sp³-hybridized carbons (Fsp3) is 0.182. The molecule has 0 unspecified atom stereocenters. The van der Waals surface area contributed by atoms with Crippen LogP contribution in [-0.4, -0.2) is 37.0 Å². The van der Waals surface area contributed by atoms with Crippen LogP contribution < -0.4 is 5.69 Å². The van der Waals surface area contributed by atoms with Gasteiger partial charge < -0.3 is 9.30 Å². The molecule has 0 saturated heterocycles. The number of ether oxygens (including phenoxy) is 1. The molecule has 0 aliphatic carbocycles. The lowest BCUT2D eigenvalue weighted by molar-refractivity contribution is 0.0594. The number of benzene rings is 2. The van der Waals surface area contributed by atoms with Crippen LogP contribution in [0.15, 0.2) is 53.7 Å². The van der Waals surface area contributed by atoms with Gasteiger partial charge in [0.15, 0.2) is 5.69 Å². The number of nitrogens with zero attached hydrogens (tertiary/aromatic N) is 5. The van der Waals surface area contributed by atoms with E-state index in [2.05, 4.69) is 14.8 Å². The van der Waals surface area contributed by atoms with E-state index in [1.54, 1.807) is 11.5 Å². The molecular weight excluding hydrogens is 439 g/mol. The molecule has 11 heteroatoms. The normalized spacial score (nSPS) is 11.1. The summed E-state index contributed by atoms with van der Waals surface area (Å²) >= 11 is 0. The van der Waals surface area contributed by atoms with Gasteiger partial charge in [-0.1, -0.05) is 12.1 Å². The highest BCUT2D eigenvalue weighted by molar-refractivity contribution is 5.86. The molecule has 4 rings (SSSR count). The summed E-state index contributed by atoms with van der Waals surface area (Å²) in [7, 11) is 1.24. The fourth-order valence-electron chi connectivity index (χ4n) is 3.32. The molecule has 8 nitrogen and oxygen atoms in total. The van der Waals surface area contributed by atoms with Gasteiger partial charge in [0.2, 0.25) is 0 Å². The number of aromatic nitrogens is 5. The minimum absolute atomic E-state index is 0.0951. The number of esters is 1. The van der Waals surface area contributed by atoms with E-state index in [9.17, 15) is 22.8 Å². The Balaban J connectivity index is 1.59. The van der Waals surface area contributed by atoms with E-state index >= 15 is 0 Å². The van der Waals surface area contributed by atoms with Gasteiger partial charge in [-0.25, -0.2) is 27.7 Å². The summed E-state index contributed by atoms with van der Waals surface area (Å²) in [5.41, 5.74) is -0.417. The predicted octanol–water partition coefficient (Wildman–Crippen LogP) is 2.84. The van der Waals surface area contributed by atoms with Crippen molar-refractivity contribution in [3.8, 4) is 5.69 Å². The maximum Gasteiger partial charge on any atom is 0.358 e. The first-order valence-corrected chi connectivity index (χ1v) is 9.76. The van der Waals surface area contributed by atoms with Gasteiger partial charge in [-0.3, -0.25) is 4.57 Å². The van der Waals surface area contributed by atoms with Crippen LogP contribution in [0.1, 0.15) is 27.4 Å². The van der Waals surface area contributed by atoms with Crippen LogP contribution in [0, 0.1) is 24.4 Å². The average molecular weight is 457 g/mol.